The summed E-state index contributed by atoms with van der Waals surface area (Å²) in [5.41, 5.74) is 1.36. The summed E-state index contributed by atoms with van der Waals surface area (Å²) in [6.07, 6.45) is -1.29. The molecule has 8 nitrogen and oxygen atoms in total. The lowest BCUT2D eigenvalue weighted by atomic mass is 10.1. The molecule has 2 N–H and O–H groups in total. The van der Waals surface area contributed by atoms with Crippen molar-refractivity contribution in [3.63, 3.8) is 0 Å². The van der Waals surface area contributed by atoms with Crippen molar-refractivity contribution in [3.05, 3.63) is 120 Å². The largest absolute Gasteiger partial charge is 0.445 e. The van der Waals surface area contributed by atoms with Crippen molar-refractivity contribution in [1.29, 1.82) is 0 Å². The lowest BCUT2D eigenvalue weighted by Crippen LogP contribution is -2.37. The molecule has 176 valence electrons. The van der Waals surface area contributed by atoms with Crippen LogP contribution in [0.5, 0.6) is 0 Å². The number of carbonyl (C=O) groups is 3. The molecule has 0 spiro atoms. The highest BCUT2D eigenvalue weighted by atomic mass is 16.5. The topological polar surface area (TPSA) is 111 Å². The number of benzene rings is 3. The monoisotopic (exact) mass is 469 g/mol. The fourth-order valence-electron chi connectivity index (χ4n) is 3.43. The number of amides is 2. The van der Waals surface area contributed by atoms with Crippen LogP contribution in [0.2, 0.25) is 0 Å². The first-order valence-electron chi connectivity index (χ1n) is 10.9. The Morgan fingerprint density at radius 2 is 1.40 bits per heavy atom. The molecule has 0 bridgehead atoms. The van der Waals surface area contributed by atoms with Crippen molar-refractivity contribution in [2.45, 2.75) is 19.1 Å². The molecule has 1 heterocycles. The summed E-state index contributed by atoms with van der Waals surface area (Å²) in [6, 6.07) is 26.2. The third kappa shape index (κ3) is 6.00. The summed E-state index contributed by atoms with van der Waals surface area (Å²) < 4.78 is 10.7. The van der Waals surface area contributed by atoms with Crippen LogP contribution in [0.25, 0.3) is 0 Å². The molecule has 0 aliphatic carbocycles. The maximum absolute atomic E-state index is 13.4. The molecular formula is C27H23N3O5. The highest BCUT2D eigenvalue weighted by molar-refractivity contribution is 5.98. The maximum Gasteiger partial charge on any atom is 0.334 e. The molecular weight excluding hydrogens is 446 g/mol. The Labute approximate surface area is 201 Å². The van der Waals surface area contributed by atoms with Gasteiger partial charge in [-0.2, -0.15) is 0 Å². The number of esters is 1. The van der Waals surface area contributed by atoms with Gasteiger partial charge in [-0.3, -0.25) is 9.59 Å². The van der Waals surface area contributed by atoms with Crippen molar-refractivity contribution in [2.24, 2.45) is 0 Å². The van der Waals surface area contributed by atoms with Gasteiger partial charge in [-0.1, -0.05) is 84.0 Å². The first-order valence-corrected chi connectivity index (χ1v) is 10.9. The fraction of sp³-hybridized carbons (Fsp3) is 0.111. The van der Waals surface area contributed by atoms with E-state index < -0.39 is 29.9 Å². The van der Waals surface area contributed by atoms with Crippen molar-refractivity contribution in [1.82, 2.24) is 10.5 Å². The molecule has 3 aromatic carbocycles. The van der Waals surface area contributed by atoms with Gasteiger partial charge >= 0.3 is 5.97 Å². The highest BCUT2D eigenvalue weighted by Gasteiger charge is 2.31. The number of carbonyl (C=O) groups excluding carboxylic acids is 3. The second-order valence-electron chi connectivity index (χ2n) is 7.72. The van der Waals surface area contributed by atoms with E-state index in [1.807, 2.05) is 0 Å². The molecule has 0 aliphatic heterocycles. The van der Waals surface area contributed by atoms with Crippen LogP contribution in [0.15, 0.2) is 102 Å². The van der Waals surface area contributed by atoms with Crippen LogP contribution in [-0.2, 0) is 14.3 Å². The van der Waals surface area contributed by atoms with Crippen molar-refractivity contribution >= 4 is 23.6 Å². The van der Waals surface area contributed by atoms with Gasteiger partial charge in [-0.25, -0.2) is 4.79 Å². The summed E-state index contributed by atoms with van der Waals surface area (Å²) in [6.45, 7) is 1.69. The first kappa shape index (κ1) is 23.4. The summed E-state index contributed by atoms with van der Waals surface area (Å²) in [5.74, 6) is -1.14. The van der Waals surface area contributed by atoms with E-state index in [2.05, 4.69) is 15.8 Å². The van der Waals surface area contributed by atoms with E-state index >= 15 is 0 Å². The number of hydrogen-bond acceptors (Lipinski definition) is 6. The summed E-state index contributed by atoms with van der Waals surface area (Å²) in [5, 5.41) is 9.09. The SMILES string of the molecule is Cc1cc(NC(=O)[C@@H](OC(=O)[C@H](NC(=O)c2ccccc2)c2ccccc2)c2ccccc2)no1. The zero-order chi connectivity index (χ0) is 24.6. The average molecular weight is 469 g/mol. The number of aromatic nitrogens is 1. The lowest BCUT2D eigenvalue weighted by Gasteiger charge is -2.22. The highest BCUT2D eigenvalue weighted by Crippen LogP contribution is 2.24. The predicted molar refractivity (Wildman–Crippen MR) is 128 cm³/mol. The molecule has 4 aromatic rings. The Morgan fingerprint density at radius 1 is 0.829 bits per heavy atom. The molecule has 2 amide bonds. The first-order chi connectivity index (χ1) is 17.0. The van der Waals surface area contributed by atoms with Crippen molar-refractivity contribution in [2.75, 3.05) is 5.32 Å². The van der Waals surface area contributed by atoms with Crippen LogP contribution in [0, 0.1) is 6.92 Å². The number of hydrogen-bond donors (Lipinski definition) is 2. The van der Waals surface area contributed by atoms with Gasteiger partial charge in [-0.05, 0) is 24.6 Å². The molecule has 8 heteroatoms. The summed E-state index contributed by atoms with van der Waals surface area (Å²) >= 11 is 0. The van der Waals surface area contributed by atoms with Crippen LogP contribution in [0.1, 0.15) is 39.4 Å². The van der Waals surface area contributed by atoms with Crippen molar-refractivity contribution < 1.29 is 23.6 Å². The fourth-order valence-corrected chi connectivity index (χ4v) is 3.43. The van der Waals surface area contributed by atoms with E-state index in [0.717, 1.165) is 0 Å². The van der Waals surface area contributed by atoms with Crippen LogP contribution in [0.3, 0.4) is 0 Å². The second-order valence-corrected chi connectivity index (χ2v) is 7.72. The molecule has 0 aliphatic rings. The standard InChI is InChI=1S/C27H23N3O5/c1-18-17-22(30-35-18)28-26(32)24(20-13-7-3-8-14-20)34-27(33)23(19-11-5-2-6-12-19)29-25(31)21-15-9-4-10-16-21/h2-17,23-24H,1H3,(H,29,31)(H,28,30,32)/t23-,24+/m1/s1. The molecule has 35 heavy (non-hydrogen) atoms. The molecule has 2 atom stereocenters. The van der Waals surface area contributed by atoms with Gasteiger partial charge in [0.1, 0.15) is 5.76 Å². The minimum Gasteiger partial charge on any atom is -0.445 e. The molecule has 0 unspecified atom stereocenters. The van der Waals surface area contributed by atoms with E-state index in [4.69, 9.17) is 9.26 Å². The summed E-state index contributed by atoms with van der Waals surface area (Å²) in [7, 11) is 0. The van der Waals surface area contributed by atoms with E-state index in [0.29, 0.717) is 22.5 Å². The van der Waals surface area contributed by atoms with Gasteiger partial charge < -0.3 is 19.9 Å². The van der Waals surface area contributed by atoms with Gasteiger partial charge in [0, 0.05) is 17.2 Å². The Bertz CT molecular complexity index is 1290. The van der Waals surface area contributed by atoms with Crippen LogP contribution >= 0.6 is 0 Å². The third-order valence-electron chi connectivity index (χ3n) is 5.13. The zero-order valence-corrected chi connectivity index (χ0v) is 18.9. The van der Waals surface area contributed by atoms with E-state index in [1.54, 1.807) is 104 Å². The molecule has 1 aromatic heterocycles. The van der Waals surface area contributed by atoms with Crippen LogP contribution in [-0.4, -0.2) is 22.9 Å². The van der Waals surface area contributed by atoms with Gasteiger partial charge in [0.05, 0.1) is 0 Å². The smallest absolute Gasteiger partial charge is 0.334 e. The number of nitrogens with zero attached hydrogens (tertiary/aromatic N) is 1. The number of rotatable bonds is 8. The average Bonchev–Trinajstić information content (AvgIpc) is 3.31. The zero-order valence-electron chi connectivity index (χ0n) is 18.9. The van der Waals surface area contributed by atoms with Crippen LogP contribution < -0.4 is 10.6 Å². The third-order valence-corrected chi connectivity index (χ3v) is 5.13. The number of nitrogens with one attached hydrogen (secondary N) is 2. The molecule has 4 rings (SSSR count). The Balaban J connectivity index is 1.60. The number of aryl methyl sites for hydroxylation is 1. The summed E-state index contributed by atoms with van der Waals surface area (Å²) in [4.78, 5) is 39.4. The van der Waals surface area contributed by atoms with E-state index in [1.165, 1.54) is 0 Å². The number of anilines is 1. The Kier molecular flexibility index (Phi) is 7.32. The Morgan fingerprint density at radius 3 is 1.97 bits per heavy atom. The predicted octanol–water partition coefficient (Wildman–Crippen LogP) is 4.38. The maximum atomic E-state index is 13.4. The minimum absolute atomic E-state index is 0.196. The van der Waals surface area contributed by atoms with Gasteiger partial charge in [0.2, 0.25) is 6.10 Å². The van der Waals surface area contributed by atoms with Gasteiger partial charge in [-0.15, -0.1) is 0 Å². The van der Waals surface area contributed by atoms with E-state index in [9.17, 15) is 14.4 Å². The lowest BCUT2D eigenvalue weighted by molar-refractivity contribution is -0.156. The van der Waals surface area contributed by atoms with Gasteiger partial charge in [0.15, 0.2) is 11.9 Å². The van der Waals surface area contributed by atoms with Crippen LogP contribution in [0.4, 0.5) is 5.82 Å². The normalized spacial score (nSPS) is 12.3. The Hall–Kier alpha value is -4.72. The molecule has 0 fully saturated rings. The quantitative estimate of drug-likeness (QED) is 0.371. The molecule has 0 saturated carbocycles. The van der Waals surface area contributed by atoms with Gasteiger partial charge in [0.25, 0.3) is 11.8 Å². The molecule has 0 saturated heterocycles. The molecule has 0 radical (unpaired) electrons. The van der Waals surface area contributed by atoms with Crippen molar-refractivity contribution in [3.8, 4) is 0 Å². The van der Waals surface area contributed by atoms with E-state index in [-0.39, 0.29) is 5.82 Å². The minimum atomic E-state index is -1.29. The number of ether oxygens (including phenoxy) is 1. The second kappa shape index (κ2) is 10.9.